The molecule has 0 bridgehead atoms. The van der Waals surface area contributed by atoms with Crippen molar-refractivity contribution in [3.05, 3.63) is 35.4 Å². The number of amides is 1. The molecular formula is C13H16ClF3N2O2. The molecule has 1 saturated heterocycles. The van der Waals surface area contributed by atoms with Gasteiger partial charge < -0.3 is 15.0 Å². The summed E-state index contributed by atoms with van der Waals surface area (Å²) in [6, 6.07) is 5.09. The van der Waals surface area contributed by atoms with Crippen LogP contribution in [-0.2, 0) is 17.5 Å². The van der Waals surface area contributed by atoms with E-state index in [4.69, 9.17) is 4.74 Å². The molecule has 2 rings (SSSR count). The first-order chi connectivity index (χ1) is 9.48. The standard InChI is InChI=1S/C13H15F3N2O2.ClH/c14-13(15,16)11-4-2-1-3-10(11)9-20-12(19)18-7-5-17-6-8-18;/h1-4,17H,5-9H2;1H. The Balaban J connectivity index is 0.00000220. The first-order valence-corrected chi connectivity index (χ1v) is 6.26. The Kier molecular flexibility index (Phi) is 6.29. The molecule has 1 amide bonds. The number of carbonyl (C=O) groups is 1. The van der Waals surface area contributed by atoms with Crippen molar-refractivity contribution in [2.24, 2.45) is 0 Å². The Hall–Kier alpha value is -1.47. The monoisotopic (exact) mass is 324 g/mol. The zero-order chi connectivity index (χ0) is 14.6. The lowest BCUT2D eigenvalue weighted by atomic mass is 10.1. The van der Waals surface area contributed by atoms with E-state index < -0.39 is 17.8 Å². The van der Waals surface area contributed by atoms with Crippen molar-refractivity contribution in [2.75, 3.05) is 26.2 Å². The summed E-state index contributed by atoms with van der Waals surface area (Å²) in [5, 5.41) is 3.07. The summed E-state index contributed by atoms with van der Waals surface area (Å²) in [7, 11) is 0. The second kappa shape index (κ2) is 7.51. The molecule has 0 radical (unpaired) electrons. The molecule has 0 saturated carbocycles. The van der Waals surface area contributed by atoms with Crippen LogP contribution in [0.25, 0.3) is 0 Å². The molecule has 0 atom stereocenters. The Morgan fingerprint density at radius 1 is 1.24 bits per heavy atom. The summed E-state index contributed by atoms with van der Waals surface area (Å²) in [5.74, 6) is 0. The van der Waals surface area contributed by atoms with E-state index in [1.807, 2.05) is 0 Å². The minimum Gasteiger partial charge on any atom is -0.445 e. The number of nitrogens with zero attached hydrogens (tertiary/aromatic N) is 1. The summed E-state index contributed by atoms with van der Waals surface area (Å²) < 4.78 is 43.3. The second-order valence-electron chi connectivity index (χ2n) is 4.45. The van der Waals surface area contributed by atoms with Gasteiger partial charge in [-0.15, -0.1) is 12.4 Å². The van der Waals surface area contributed by atoms with Gasteiger partial charge in [-0.1, -0.05) is 18.2 Å². The molecule has 1 aromatic carbocycles. The van der Waals surface area contributed by atoms with Crippen LogP contribution in [0.2, 0.25) is 0 Å². The lowest BCUT2D eigenvalue weighted by Crippen LogP contribution is -2.46. The Morgan fingerprint density at radius 3 is 2.48 bits per heavy atom. The molecule has 118 valence electrons. The topological polar surface area (TPSA) is 41.6 Å². The lowest BCUT2D eigenvalue weighted by Gasteiger charge is -2.26. The average Bonchev–Trinajstić information content (AvgIpc) is 2.45. The Morgan fingerprint density at radius 2 is 1.86 bits per heavy atom. The van der Waals surface area contributed by atoms with Gasteiger partial charge >= 0.3 is 12.3 Å². The lowest BCUT2D eigenvalue weighted by molar-refractivity contribution is -0.138. The fourth-order valence-electron chi connectivity index (χ4n) is 2.00. The third kappa shape index (κ3) is 4.78. The number of benzene rings is 1. The SMILES string of the molecule is Cl.O=C(OCc1ccccc1C(F)(F)F)N1CCNCC1. The van der Waals surface area contributed by atoms with Gasteiger partial charge in [0.25, 0.3) is 0 Å². The maximum Gasteiger partial charge on any atom is 0.416 e. The first-order valence-electron chi connectivity index (χ1n) is 6.26. The van der Waals surface area contributed by atoms with E-state index in [-0.39, 0.29) is 24.6 Å². The Bertz CT molecular complexity index is 477. The van der Waals surface area contributed by atoms with Gasteiger partial charge in [0.2, 0.25) is 0 Å². The minimum absolute atomic E-state index is 0. The van der Waals surface area contributed by atoms with Gasteiger partial charge in [0.15, 0.2) is 0 Å². The summed E-state index contributed by atoms with van der Waals surface area (Å²) in [6.07, 6.45) is -5.03. The fraction of sp³-hybridized carbons (Fsp3) is 0.462. The molecule has 0 unspecified atom stereocenters. The van der Waals surface area contributed by atoms with Gasteiger partial charge in [-0.25, -0.2) is 4.79 Å². The third-order valence-corrected chi connectivity index (χ3v) is 3.05. The molecular weight excluding hydrogens is 309 g/mol. The van der Waals surface area contributed by atoms with Crippen LogP contribution in [0.3, 0.4) is 0 Å². The molecule has 0 spiro atoms. The maximum atomic E-state index is 12.8. The predicted molar refractivity (Wildman–Crippen MR) is 73.3 cm³/mol. The maximum absolute atomic E-state index is 12.8. The minimum atomic E-state index is -4.45. The third-order valence-electron chi connectivity index (χ3n) is 3.05. The van der Waals surface area contributed by atoms with Crippen LogP contribution in [-0.4, -0.2) is 37.2 Å². The number of nitrogens with one attached hydrogen (secondary N) is 1. The molecule has 1 fully saturated rings. The van der Waals surface area contributed by atoms with E-state index in [1.54, 1.807) is 0 Å². The highest BCUT2D eigenvalue weighted by molar-refractivity contribution is 5.85. The number of rotatable bonds is 2. The van der Waals surface area contributed by atoms with E-state index in [1.165, 1.54) is 23.1 Å². The molecule has 21 heavy (non-hydrogen) atoms. The van der Waals surface area contributed by atoms with E-state index in [2.05, 4.69) is 5.32 Å². The number of carbonyl (C=O) groups excluding carboxylic acids is 1. The molecule has 8 heteroatoms. The van der Waals surface area contributed by atoms with Crippen molar-refractivity contribution in [1.29, 1.82) is 0 Å². The van der Waals surface area contributed by atoms with E-state index in [0.717, 1.165) is 6.07 Å². The quantitative estimate of drug-likeness (QED) is 0.909. The highest BCUT2D eigenvalue weighted by Gasteiger charge is 2.33. The van der Waals surface area contributed by atoms with Gasteiger partial charge in [0.05, 0.1) is 5.56 Å². The van der Waals surface area contributed by atoms with Crippen LogP contribution >= 0.6 is 12.4 Å². The smallest absolute Gasteiger partial charge is 0.416 e. The van der Waals surface area contributed by atoms with Crippen molar-refractivity contribution >= 4 is 18.5 Å². The highest BCUT2D eigenvalue weighted by Crippen LogP contribution is 2.32. The number of piperazine rings is 1. The van der Waals surface area contributed by atoms with Crippen molar-refractivity contribution in [3.8, 4) is 0 Å². The van der Waals surface area contributed by atoms with Gasteiger partial charge in [-0.2, -0.15) is 13.2 Å². The largest absolute Gasteiger partial charge is 0.445 e. The fourth-order valence-corrected chi connectivity index (χ4v) is 2.00. The second-order valence-corrected chi connectivity index (χ2v) is 4.45. The molecule has 0 aromatic heterocycles. The zero-order valence-corrected chi connectivity index (χ0v) is 12.0. The van der Waals surface area contributed by atoms with E-state index in [9.17, 15) is 18.0 Å². The highest BCUT2D eigenvalue weighted by atomic mass is 35.5. The summed E-state index contributed by atoms with van der Waals surface area (Å²) in [5.41, 5.74) is -0.809. The zero-order valence-electron chi connectivity index (χ0n) is 11.2. The first kappa shape index (κ1) is 17.6. The summed E-state index contributed by atoms with van der Waals surface area (Å²) >= 11 is 0. The van der Waals surface area contributed by atoms with E-state index in [0.29, 0.717) is 26.2 Å². The van der Waals surface area contributed by atoms with Crippen LogP contribution in [0, 0.1) is 0 Å². The van der Waals surface area contributed by atoms with Crippen LogP contribution in [0.5, 0.6) is 0 Å². The van der Waals surface area contributed by atoms with Crippen molar-refractivity contribution in [3.63, 3.8) is 0 Å². The molecule has 0 aliphatic carbocycles. The molecule has 1 aromatic rings. The summed E-state index contributed by atoms with van der Waals surface area (Å²) in [4.78, 5) is 13.2. The molecule has 4 nitrogen and oxygen atoms in total. The number of halogens is 4. The van der Waals surface area contributed by atoms with E-state index >= 15 is 0 Å². The number of ether oxygens (including phenoxy) is 1. The van der Waals surface area contributed by atoms with Crippen molar-refractivity contribution in [1.82, 2.24) is 10.2 Å². The molecule has 1 aliphatic heterocycles. The predicted octanol–water partition coefficient (Wildman–Crippen LogP) is 2.67. The molecule has 1 aliphatic rings. The van der Waals surface area contributed by atoms with Gasteiger partial charge in [0.1, 0.15) is 6.61 Å². The van der Waals surface area contributed by atoms with Gasteiger partial charge in [-0.05, 0) is 6.07 Å². The van der Waals surface area contributed by atoms with Gasteiger partial charge in [0, 0.05) is 31.7 Å². The Labute approximate surface area is 126 Å². The number of alkyl halides is 3. The van der Waals surface area contributed by atoms with Crippen LogP contribution < -0.4 is 5.32 Å². The van der Waals surface area contributed by atoms with Gasteiger partial charge in [-0.3, -0.25) is 0 Å². The number of hydrogen-bond donors (Lipinski definition) is 1. The van der Waals surface area contributed by atoms with Crippen LogP contribution in [0.1, 0.15) is 11.1 Å². The van der Waals surface area contributed by atoms with Crippen molar-refractivity contribution in [2.45, 2.75) is 12.8 Å². The molecule has 1 N–H and O–H groups in total. The van der Waals surface area contributed by atoms with Crippen LogP contribution in [0.4, 0.5) is 18.0 Å². The molecule has 1 heterocycles. The normalized spacial score (nSPS) is 15.3. The number of hydrogen-bond acceptors (Lipinski definition) is 3. The summed E-state index contributed by atoms with van der Waals surface area (Å²) in [6.45, 7) is 1.94. The van der Waals surface area contributed by atoms with Crippen LogP contribution in [0.15, 0.2) is 24.3 Å². The average molecular weight is 325 g/mol. The van der Waals surface area contributed by atoms with Crippen molar-refractivity contribution < 1.29 is 22.7 Å².